The van der Waals surface area contributed by atoms with Crippen molar-refractivity contribution in [1.82, 2.24) is 0 Å². The Morgan fingerprint density at radius 1 is 1.50 bits per heavy atom. The van der Waals surface area contributed by atoms with Crippen LogP contribution < -0.4 is 9.47 Å². The van der Waals surface area contributed by atoms with E-state index in [0.717, 1.165) is 36.3 Å². The van der Waals surface area contributed by atoms with E-state index in [1.807, 2.05) is 0 Å². The van der Waals surface area contributed by atoms with Crippen LogP contribution in [0.3, 0.4) is 0 Å². The molecule has 0 spiro atoms. The Hall–Kier alpha value is -1.38. The van der Waals surface area contributed by atoms with Crippen molar-refractivity contribution in [3.63, 3.8) is 0 Å². The molecule has 1 aliphatic heterocycles. The summed E-state index contributed by atoms with van der Waals surface area (Å²) in [5.74, 6) is 2.42. The molecule has 0 saturated heterocycles. The fourth-order valence-corrected chi connectivity index (χ4v) is 1.57. The number of hydrogen-bond acceptors (Lipinski definition) is 3. The molecule has 0 bridgehead atoms. The molecule has 0 aromatic heterocycles. The molecule has 1 heterocycles. The molecule has 1 aromatic carbocycles. The molecular weight excluding hydrogens is 180 g/mol. The molecule has 0 unspecified atom stereocenters. The van der Waals surface area contributed by atoms with E-state index in [1.165, 1.54) is 0 Å². The van der Waals surface area contributed by atoms with Gasteiger partial charge in [0, 0.05) is 11.6 Å². The standard InChI is InChI=1S/C11H14O3/c1-3-4-5-7-10(12)8(13-2)6-9-11(7)14-9/h6,12H,3-5H2,1-2H3. The average Bonchev–Trinajstić information content (AvgIpc) is 2.94. The Kier molecular flexibility index (Phi) is 2.23. The van der Waals surface area contributed by atoms with Crippen LogP contribution in [0.5, 0.6) is 23.0 Å². The second-order valence-corrected chi connectivity index (χ2v) is 3.44. The summed E-state index contributed by atoms with van der Waals surface area (Å²) in [6, 6.07) is 1.72. The van der Waals surface area contributed by atoms with Gasteiger partial charge in [-0.1, -0.05) is 13.3 Å². The number of fused-ring (bicyclic) bond motifs is 1. The van der Waals surface area contributed by atoms with Crippen molar-refractivity contribution in [2.75, 3.05) is 7.11 Å². The highest BCUT2D eigenvalue weighted by Gasteiger charge is 2.29. The highest BCUT2D eigenvalue weighted by atomic mass is 16.6. The lowest BCUT2D eigenvalue weighted by Gasteiger charge is -2.04. The first-order chi connectivity index (χ1) is 6.77. The largest absolute Gasteiger partial charge is 0.504 e. The first kappa shape index (κ1) is 9.19. The molecule has 3 heteroatoms. The summed E-state index contributed by atoms with van der Waals surface area (Å²) in [6.45, 7) is 2.12. The van der Waals surface area contributed by atoms with Crippen LogP contribution in [-0.4, -0.2) is 12.2 Å². The minimum absolute atomic E-state index is 0.234. The lowest BCUT2D eigenvalue weighted by molar-refractivity contribution is 0.371. The fourth-order valence-electron chi connectivity index (χ4n) is 1.57. The van der Waals surface area contributed by atoms with Crippen LogP contribution in [0.15, 0.2) is 6.07 Å². The smallest absolute Gasteiger partial charge is 0.177 e. The van der Waals surface area contributed by atoms with Crippen LogP contribution in [0.2, 0.25) is 0 Å². The molecule has 3 nitrogen and oxygen atoms in total. The van der Waals surface area contributed by atoms with E-state index in [0.29, 0.717) is 5.75 Å². The Bertz CT molecular complexity index is 358. The summed E-state index contributed by atoms with van der Waals surface area (Å²) in [7, 11) is 1.55. The average molecular weight is 194 g/mol. The Balaban J connectivity index is 2.30. The van der Waals surface area contributed by atoms with E-state index in [1.54, 1.807) is 13.2 Å². The van der Waals surface area contributed by atoms with Crippen molar-refractivity contribution in [3.05, 3.63) is 11.6 Å². The van der Waals surface area contributed by atoms with Gasteiger partial charge in [-0.25, -0.2) is 0 Å². The molecule has 2 rings (SSSR count). The van der Waals surface area contributed by atoms with Gasteiger partial charge in [0.1, 0.15) is 0 Å². The molecule has 1 aliphatic rings. The molecule has 1 N–H and O–H groups in total. The first-order valence-electron chi connectivity index (χ1n) is 4.88. The highest BCUT2D eigenvalue weighted by Crippen LogP contribution is 2.55. The predicted octanol–water partition coefficient (Wildman–Crippen LogP) is 2.85. The number of hydrogen-bond donors (Lipinski definition) is 1. The van der Waals surface area contributed by atoms with Crippen molar-refractivity contribution in [2.24, 2.45) is 0 Å². The van der Waals surface area contributed by atoms with Crippen molar-refractivity contribution in [3.8, 4) is 23.0 Å². The maximum Gasteiger partial charge on any atom is 0.177 e. The van der Waals surface area contributed by atoms with Gasteiger partial charge in [-0.15, -0.1) is 0 Å². The minimum atomic E-state index is 0.234. The highest BCUT2D eigenvalue weighted by molar-refractivity contribution is 5.68. The van der Waals surface area contributed by atoms with Gasteiger partial charge in [-0.2, -0.15) is 0 Å². The number of aromatic hydroxyl groups is 1. The van der Waals surface area contributed by atoms with Crippen molar-refractivity contribution < 1.29 is 14.6 Å². The molecule has 0 atom stereocenters. The number of phenolic OH excluding ortho intramolecular Hbond substituents is 1. The van der Waals surface area contributed by atoms with Gasteiger partial charge in [0.25, 0.3) is 0 Å². The van der Waals surface area contributed by atoms with Gasteiger partial charge in [0.05, 0.1) is 7.11 Å². The summed E-state index contributed by atoms with van der Waals surface area (Å²) in [6.07, 6.45) is 3.00. The Morgan fingerprint density at radius 2 is 2.29 bits per heavy atom. The quantitative estimate of drug-likeness (QED) is 0.761. The molecular formula is C11H14O3. The third-order valence-corrected chi connectivity index (χ3v) is 2.45. The number of methoxy groups -OCH3 is 1. The van der Waals surface area contributed by atoms with Gasteiger partial charge in [0.2, 0.25) is 0 Å². The van der Waals surface area contributed by atoms with E-state index in [4.69, 9.17) is 9.47 Å². The van der Waals surface area contributed by atoms with Crippen LogP contribution in [0.4, 0.5) is 0 Å². The minimum Gasteiger partial charge on any atom is -0.504 e. The number of benzene rings is 1. The van der Waals surface area contributed by atoms with Gasteiger partial charge in [0.15, 0.2) is 23.0 Å². The number of phenols is 1. The van der Waals surface area contributed by atoms with Crippen LogP contribution >= 0.6 is 0 Å². The maximum absolute atomic E-state index is 9.82. The number of ether oxygens (including phenoxy) is 2. The van der Waals surface area contributed by atoms with Gasteiger partial charge in [-0.3, -0.25) is 0 Å². The van der Waals surface area contributed by atoms with Crippen LogP contribution in [0.25, 0.3) is 0 Å². The fraction of sp³-hybridized carbons (Fsp3) is 0.455. The molecule has 1 aromatic rings. The predicted molar refractivity (Wildman–Crippen MR) is 53.3 cm³/mol. The molecule has 0 fully saturated rings. The van der Waals surface area contributed by atoms with Gasteiger partial charge >= 0.3 is 0 Å². The molecule has 0 saturated carbocycles. The molecule has 0 radical (unpaired) electrons. The summed E-state index contributed by atoms with van der Waals surface area (Å²) in [5.41, 5.74) is 0.890. The van der Waals surface area contributed by atoms with E-state index in [9.17, 15) is 5.11 Å². The van der Waals surface area contributed by atoms with E-state index >= 15 is 0 Å². The summed E-state index contributed by atoms with van der Waals surface area (Å²) in [4.78, 5) is 0. The molecule has 76 valence electrons. The first-order valence-corrected chi connectivity index (χ1v) is 4.88. The van der Waals surface area contributed by atoms with Crippen molar-refractivity contribution in [1.29, 1.82) is 0 Å². The summed E-state index contributed by atoms with van der Waals surface area (Å²) >= 11 is 0. The Morgan fingerprint density at radius 3 is 2.93 bits per heavy atom. The normalized spacial score (nSPS) is 11.9. The summed E-state index contributed by atoms with van der Waals surface area (Å²) < 4.78 is 10.3. The Labute approximate surface area is 83.3 Å². The van der Waals surface area contributed by atoms with E-state index in [2.05, 4.69) is 6.92 Å². The lowest BCUT2D eigenvalue weighted by Crippen LogP contribution is -1.87. The van der Waals surface area contributed by atoms with Crippen LogP contribution in [0, 0.1) is 0 Å². The van der Waals surface area contributed by atoms with Crippen molar-refractivity contribution in [2.45, 2.75) is 26.2 Å². The van der Waals surface area contributed by atoms with E-state index in [-0.39, 0.29) is 5.75 Å². The molecule has 14 heavy (non-hydrogen) atoms. The second-order valence-electron chi connectivity index (χ2n) is 3.44. The zero-order valence-electron chi connectivity index (χ0n) is 8.46. The number of unbranched alkanes of at least 4 members (excludes halogenated alkanes) is 1. The van der Waals surface area contributed by atoms with Crippen molar-refractivity contribution >= 4 is 0 Å². The second kappa shape index (κ2) is 3.40. The molecule has 0 aliphatic carbocycles. The zero-order chi connectivity index (χ0) is 10.1. The zero-order valence-corrected chi connectivity index (χ0v) is 8.46. The van der Waals surface area contributed by atoms with E-state index < -0.39 is 0 Å². The third-order valence-electron chi connectivity index (χ3n) is 2.45. The SMILES string of the molecule is CCCCc1c(O)c(OC)cc2c1O2. The molecule has 0 amide bonds. The lowest BCUT2D eigenvalue weighted by atomic mass is 10.1. The maximum atomic E-state index is 9.82. The summed E-state index contributed by atoms with van der Waals surface area (Å²) in [5, 5.41) is 9.82. The van der Waals surface area contributed by atoms with Gasteiger partial charge in [-0.05, 0) is 12.8 Å². The van der Waals surface area contributed by atoms with Crippen LogP contribution in [0.1, 0.15) is 25.3 Å². The third kappa shape index (κ3) is 1.39. The van der Waals surface area contributed by atoms with Crippen LogP contribution in [-0.2, 0) is 6.42 Å². The van der Waals surface area contributed by atoms with Gasteiger partial charge < -0.3 is 14.6 Å². The number of rotatable bonds is 4. The monoisotopic (exact) mass is 194 g/mol. The topological polar surface area (TPSA) is 42.0 Å².